The topological polar surface area (TPSA) is 73.2 Å². The number of nitrogens with one attached hydrogen (secondary N) is 1. The van der Waals surface area contributed by atoms with E-state index in [-0.39, 0.29) is 29.5 Å². The number of amides is 2. The van der Waals surface area contributed by atoms with Crippen molar-refractivity contribution in [2.75, 3.05) is 7.05 Å². The number of nitriles is 1. The van der Waals surface area contributed by atoms with Crippen LogP contribution in [0.25, 0.3) is 11.1 Å². The molecule has 150 valence electrons. The predicted molar refractivity (Wildman–Crippen MR) is 109 cm³/mol. The molecule has 3 rings (SSSR count). The van der Waals surface area contributed by atoms with Crippen molar-refractivity contribution in [2.24, 2.45) is 0 Å². The number of carbonyl (C=O) groups is 2. The molecule has 1 saturated carbocycles. The van der Waals surface area contributed by atoms with Crippen LogP contribution in [0.2, 0.25) is 0 Å². The lowest BCUT2D eigenvalue weighted by Gasteiger charge is -2.25. The van der Waals surface area contributed by atoms with Crippen molar-refractivity contribution >= 4 is 11.8 Å². The average Bonchev–Trinajstić information content (AvgIpc) is 3.21. The van der Waals surface area contributed by atoms with E-state index in [0.29, 0.717) is 23.1 Å². The van der Waals surface area contributed by atoms with Crippen molar-refractivity contribution in [1.29, 1.82) is 5.26 Å². The molecule has 0 saturated heterocycles. The highest BCUT2D eigenvalue weighted by molar-refractivity contribution is 5.94. The molecule has 1 N–H and O–H groups in total. The summed E-state index contributed by atoms with van der Waals surface area (Å²) >= 11 is 0. The minimum absolute atomic E-state index is 0.00617. The van der Waals surface area contributed by atoms with Crippen molar-refractivity contribution in [3.05, 3.63) is 59.4 Å². The van der Waals surface area contributed by atoms with E-state index in [4.69, 9.17) is 5.26 Å². The third kappa shape index (κ3) is 4.45. The van der Waals surface area contributed by atoms with E-state index in [1.54, 1.807) is 48.3 Å². The lowest BCUT2D eigenvalue weighted by atomic mass is 10.0. The van der Waals surface area contributed by atoms with E-state index < -0.39 is 5.82 Å². The second kappa shape index (κ2) is 8.87. The molecule has 5 nitrogen and oxygen atoms in total. The lowest BCUT2D eigenvalue weighted by molar-refractivity contribution is -0.121. The molecule has 1 aliphatic rings. The third-order valence-electron chi connectivity index (χ3n) is 5.52. The van der Waals surface area contributed by atoms with Crippen LogP contribution in [0.5, 0.6) is 0 Å². The van der Waals surface area contributed by atoms with Gasteiger partial charge in [-0.2, -0.15) is 5.26 Å². The zero-order valence-corrected chi connectivity index (χ0v) is 16.6. The second-order valence-corrected chi connectivity index (χ2v) is 7.36. The van der Waals surface area contributed by atoms with Crippen LogP contribution < -0.4 is 5.32 Å². The molecule has 0 unspecified atom stereocenters. The lowest BCUT2D eigenvalue weighted by Crippen LogP contribution is -2.38. The first kappa shape index (κ1) is 20.5. The van der Waals surface area contributed by atoms with Gasteiger partial charge in [-0.05, 0) is 43.0 Å². The van der Waals surface area contributed by atoms with E-state index in [1.807, 2.05) is 13.0 Å². The number of hydrogen-bond donors (Lipinski definition) is 1. The number of hydrogen-bond acceptors (Lipinski definition) is 3. The van der Waals surface area contributed by atoms with E-state index in [1.165, 1.54) is 6.07 Å². The molecular formula is C23H24FN3O2. The highest BCUT2D eigenvalue weighted by atomic mass is 19.1. The summed E-state index contributed by atoms with van der Waals surface area (Å²) in [6.07, 6.45) is 2.92. The van der Waals surface area contributed by atoms with Crippen LogP contribution in [-0.2, 0) is 4.79 Å². The molecule has 6 heteroatoms. The monoisotopic (exact) mass is 393 g/mol. The SMILES string of the molecule is CCC(=O)N[C@H]1CC[C@@H](N(C)C(=O)c2ccc(-c3cccc(C#N)c3F)cc2)C1. The van der Waals surface area contributed by atoms with Crippen molar-refractivity contribution in [1.82, 2.24) is 10.2 Å². The van der Waals surface area contributed by atoms with E-state index in [2.05, 4.69) is 5.32 Å². The Kier molecular flexibility index (Phi) is 6.28. The van der Waals surface area contributed by atoms with Crippen LogP contribution in [0.1, 0.15) is 48.5 Å². The summed E-state index contributed by atoms with van der Waals surface area (Å²) in [4.78, 5) is 26.2. The van der Waals surface area contributed by atoms with Crippen LogP contribution in [0.4, 0.5) is 4.39 Å². The van der Waals surface area contributed by atoms with E-state index in [9.17, 15) is 14.0 Å². The molecule has 29 heavy (non-hydrogen) atoms. The first-order chi connectivity index (χ1) is 13.9. The molecule has 0 spiro atoms. The summed E-state index contributed by atoms with van der Waals surface area (Å²) in [6, 6.07) is 13.5. The summed E-state index contributed by atoms with van der Waals surface area (Å²) in [6.45, 7) is 1.82. The van der Waals surface area contributed by atoms with Crippen LogP contribution in [0, 0.1) is 17.1 Å². The maximum atomic E-state index is 14.4. The van der Waals surface area contributed by atoms with Gasteiger partial charge in [0.05, 0.1) is 5.56 Å². The maximum Gasteiger partial charge on any atom is 0.253 e. The quantitative estimate of drug-likeness (QED) is 0.838. The maximum absolute atomic E-state index is 14.4. The Morgan fingerprint density at radius 1 is 1.21 bits per heavy atom. The van der Waals surface area contributed by atoms with E-state index in [0.717, 1.165) is 19.3 Å². The highest BCUT2D eigenvalue weighted by Crippen LogP contribution is 2.27. The Morgan fingerprint density at radius 2 is 1.93 bits per heavy atom. The molecule has 0 bridgehead atoms. The summed E-state index contributed by atoms with van der Waals surface area (Å²) in [5.41, 5.74) is 1.46. The van der Waals surface area contributed by atoms with Gasteiger partial charge in [-0.3, -0.25) is 9.59 Å². The fourth-order valence-corrected chi connectivity index (χ4v) is 3.77. The number of rotatable bonds is 5. The Hall–Kier alpha value is -3.20. The zero-order chi connectivity index (χ0) is 21.0. The van der Waals surface area contributed by atoms with Crippen molar-refractivity contribution in [3.8, 4) is 17.2 Å². The van der Waals surface area contributed by atoms with Gasteiger partial charge in [0.25, 0.3) is 5.91 Å². The minimum atomic E-state index is -0.558. The number of benzene rings is 2. The largest absolute Gasteiger partial charge is 0.353 e. The van der Waals surface area contributed by atoms with Crippen molar-refractivity contribution in [2.45, 2.75) is 44.7 Å². The molecular weight excluding hydrogens is 369 g/mol. The van der Waals surface area contributed by atoms with Crippen molar-refractivity contribution in [3.63, 3.8) is 0 Å². The number of carbonyl (C=O) groups excluding carboxylic acids is 2. The van der Waals surface area contributed by atoms with Gasteiger partial charge in [0.2, 0.25) is 5.91 Å². The Bertz CT molecular complexity index is 950. The van der Waals surface area contributed by atoms with Crippen LogP contribution in [-0.4, -0.2) is 35.8 Å². The van der Waals surface area contributed by atoms with Crippen molar-refractivity contribution < 1.29 is 14.0 Å². The van der Waals surface area contributed by atoms with Gasteiger partial charge in [0, 0.05) is 36.7 Å². The first-order valence-corrected chi connectivity index (χ1v) is 9.80. The summed E-state index contributed by atoms with van der Waals surface area (Å²) < 4.78 is 14.4. The molecule has 2 amide bonds. The number of nitrogens with zero attached hydrogens (tertiary/aromatic N) is 2. The first-order valence-electron chi connectivity index (χ1n) is 9.80. The third-order valence-corrected chi connectivity index (χ3v) is 5.52. The van der Waals surface area contributed by atoms with Gasteiger partial charge in [-0.25, -0.2) is 4.39 Å². The van der Waals surface area contributed by atoms with E-state index >= 15 is 0 Å². The Morgan fingerprint density at radius 3 is 2.59 bits per heavy atom. The average molecular weight is 393 g/mol. The van der Waals surface area contributed by atoms with Gasteiger partial charge < -0.3 is 10.2 Å². The molecule has 1 aliphatic carbocycles. The van der Waals surface area contributed by atoms with Gasteiger partial charge >= 0.3 is 0 Å². The molecule has 1 fully saturated rings. The van der Waals surface area contributed by atoms with Crippen LogP contribution in [0.15, 0.2) is 42.5 Å². The fourth-order valence-electron chi connectivity index (χ4n) is 3.77. The van der Waals surface area contributed by atoms with Crippen LogP contribution >= 0.6 is 0 Å². The Balaban J connectivity index is 1.69. The highest BCUT2D eigenvalue weighted by Gasteiger charge is 2.30. The zero-order valence-electron chi connectivity index (χ0n) is 16.6. The fraction of sp³-hybridized carbons (Fsp3) is 0.348. The molecule has 0 aliphatic heterocycles. The Labute approximate surface area is 170 Å². The molecule has 0 aromatic heterocycles. The van der Waals surface area contributed by atoms with Gasteiger partial charge in [0.15, 0.2) is 0 Å². The summed E-state index contributed by atoms with van der Waals surface area (Å²) in [5.74, 6) is -0.625. The molecule has 2 aromatic carbocycles. The van der Waals surface area contributed by atoms with Gasteiger partial charge in [-0.15, -0.1) is 0 Å². The van der Waals surface area contributed by atoms with Crippen LogP contribution in [0.3, 0.4) is 0 Å². The second-order valence-electron chi connectivity index (χ2n) is 7.36. The summed E-state index contributed by atoms with van der Waals surface area (Å²) in [5, 5.41) is 12.0. The molecule has 0 heterocycles. The molecule has 0 radical (unpaired) electrons. The minimum Gasteiger partial charge on any atom is -0.353 e. The number of halogens is 1. The van der Waals surface area contributed by atoms with Gasteiger partial charge in [-0.1, -0.05) is 31.2 Å². The predicted octanol–water partition coefficient (Wildman–Crippen LogP) is 3.88. The summed E-state index contributed by atoms with van der Waals surface area (Å²) in [7, 11) is 1.78. The van der Waals surface area contributed by atoms with Gasteiger partial charge in [0.1, 0.15) is 11.9 Å². The normalized spacial score (nSPS) is 18.1. The molecule has 2 atom stereocenters. The smallest absolute Gasteiger partial charge is 0.253 e. The molecule has 2 aromatic rings. The standard InChI is InChI=1S/C23H24FN3O2/c1-3-21(28)26-18-11-12-19(13-18)27(2)23(29)16-9-7-15(8-10-16)20-6-4-5-17(14-25)22(20)24/h4-10,18-19H,3,11-13H2,1-2H3,(H,26,28)/t18-,19+/m0/s1.